The van der Waals surface area contributed by atoms with Crippen LogP contribution in [0.4, 0.5) is 8.78 Å². The van der Waals surface area contributed by atoms with E-state index < -0.39 is 11.6 Å². The highest BCUT2D eigenvalue weighted by Gasteiger charge is 2.34. The molecule has 0 unspecified atom stereocenters. The molecule has 0 radical (unpaired) electrons. The maximum absolute atomic E-state index is 14.5. The van der Waals surface area contributed by atoms with Crippen LogP contribution in [0, 0.1) is 35.3 Å². The lowest BCUT2D eigenvalue weighted by Crippen LogP contribution is -2.25. The summed E-state index contributed by atoms with van der Waals surface area (Å²) in [5.41, 5.74) is 0.558. The fourth-order valence-electron chi connectivity index (χ4n) is 5.75. The van der Waals surface area contributed by atoms with Crippen LogP contribution in [0.2, 0.25) is 0 Å². The van der Waals surface area contributed by atoms with Gasteiger partial charge in [-0.05, 0) is 93.1 Å². The molecule has 150 valence electrons. The van der Waals surface area contributed by atoms with Crippen molar-refractivity contribution in [3.8, 4) is 5.75 Å². The molecule has 0 amide bonds. The summed E-state index contributed by atoms with van der Waals surface area (Å²) < 4.78 is 33.9. The van der Waals surface area contributed by atoms with Gasteiger partial charge >= 0.3 is 0 Å². The quantitative estimate of drug-likeness (QED) is 0.508. The Balaban J connectivity index is 1.29. The second-order valence-corrected chi connectivity index (χ2v) is 9.29. The molecule has 0 bridgehead atoms. The van der Waals surface area contributed by atoms with E-state index in [1.54, 1.807) is 19.1 Å². The van der Waals surface area contributed by atoms with Crippen molar-refractivity contribution >= 4 is 0 Å². The first kappa shape index (κ1) is 19.2. The summed E-state index contributed by atoms with van der Waals surface area (Å²) in [6.07, 6.45) is 14.5. The fourth-order valence-corrected chi connectivity index (χ4v) is 5.75. The number of ether oxygens (including phenoxy) is 1. The van der Waals surface area contributed by atoms with Crippen LogP contribution < -0.4 is 4.74 Å². The van der Waals surface area contributed by atoms with E-state index in [4.69, 9.17) is 4.74 Å². The lowest BCUT2D eigenvalue weighted by atomic mass is 9.68. The van der Waals surface area contributed by atoms with Gasteiger partial charge < -0.3 is 4.74 Å². The second-order valence-electron chi connectivity index (χ2n) is 9.29. The molecular weight excluding hydrogens is 342 g/mol. The molecule has 0 heterocycles. The Bertz CT molecular complexity index is 624. The van der Waals surface area contributed by atoms with Crippen molar-refractivity contribution in [3.05, 3.63) is 29.3 Å². The van der Waals surface area contributed by atoms with E-state index in [1.165, 1.54) is 57.8 Å². The van der Waals surface area contributed by atoms with E-state index in [0.717, 1.165) is 36.5 Å². The summed E-state index contributed by atoms with van der Waals surface area (Å²) in [6, 6.07) is 3.35. The maximum atomic E-state index is 14.5. The van der Waals surface area contributed by atoms with E-state index in [9.17, 15) is 8.78 Å². The number of rotatable bonds is 6. The van der Waals surface area contributed by atoms with Gasteiger partial charge in [0.15, 0.2) is 11.6 Å². The third-order valence-corrected chi connectivity index (χ3v) is 7.51. The molecule has 0 saturated heterocycles. The lowest BCUT2D eigenvalue weighted by Gasteiger charge is -2.38. The Morgan fingerprint density at radius 1 is 0.778 bits per heavy atom. The van der Waals surface area contributed by atoms with Crippen molar-refractivity contribution in [1.29, 1.82) is 0 Å². The van der Waals surface area contributed by atoms with Gasteiger partial charge in [-0.15, -0.1) is 0 Å². The van der Waals surface area contributed by atoms with Gasteiger partial charge in [-0.3, -0.25) is 0 Å². The molecule has 4 rings (SSSR count). The van der Waals surface area contributed by atoms with E-state index in [1.807, 2.05) is 0 Å². The third-order valence-electron chi connectivity index (χ3n) is 7.51. The SMILES string of the molecule is CCOc1ccc(C2CCC(C3CCC(CC4CC4)CC3)CC2)c(F)c1F. The molecule has 27 heavy (non-hydrogen) atoms. The summed E-state index contributed by atoms with van der Waals surface area (Å²) in [7, 11) is 0. The molecule has 0 N–H and O–H groups in total. The molecule has 1 nitrogen and oxygen atoms in total. The van der Waals surface area contributed by atoms with Gasteiger partial charge in [-0.1, -0.05) is 31.7 Å². The summed E-state index contributed by atoms with van der Waals surface area (Å²) >= 11 is 0. The molecule has 3 aliphatic carbocycles. The molecule has 1 aromatic rings. The lowest BCUT2D eigenvalue weighted by molar-refractivity contribution is 0.154. The zero-order chi connectivity index (χ0) is 18.8. The van der Waals surface area contributed by atoms with Crippen molar-refractivity contribution in [1.82, 2.24) is 0 Å². The van der Waals surface area contributed by atoms with Gasteiger partial charge in [0.25, 0.3) is 0 Å². The van der Waals surface area contributed by atoms with Gasteiger partial charge in [0.2, 0.25) is 5.82 Å². The Morgan fingerprint density at radius 2 is 1.33 bits per heavy atom. The average molecular weight is 377 g/mol. The Labute approximate surface area is 162 Å². The summed E-state index contributed by atoms with van der Waals surface area (Å²) in [5, 5.41) is 0. The fraction of sp³-hybridized carbons (Fsp3) is 0.750. The molecular formula is C24H34F2O. The molecule has 0 aliphatic heterocycles. The van der Waals surface area contributed by atoms with E-state index in [0.29, 0.717) is 12.2 Å². The van der Waals surface area contributed by atoms with E-state index in [-0.39, 0.29) is 11.7 Å². The van der Waals surface area contributed by atoms with Crippen LogP contribution in [-0.2, 0) is 0 Å². The number of halogens is 2. The van der Waals surface area contributed by atoms with Crippen LogP contribution in [0.1, 0.15) is 89.0 Å². The monoisotopic (exact) mass is 376 g/mol. The number of hydrogen-bond acceptors (Lipinski definition) is 1. The van der Waals surface area contributed by atoms with Gasteiger partial charge in [0, 0.05) is 0 Å². The largest absolute Gasteiger partial charge is 0.491 e. The van der Waals surface area contributed by atoms with Crippen LogP contribution in [0.15, 0.2) is 12.1 Å². The normalized spacial score (nSPS) is 31.7. The summed E-state index contributed by atoms with van der Waals surface area (Å²) in [6.45, 7) is 2.13. The zero-order valence-corrected chi connectivity index (χ0v) is 16.7. The molecule has 1 aromatic carbocycles. The van der Waals surface area contributed by atoms with Crippen molar-refractivity contribution in [2.24, 2.45) is 23.7 Å². The molecule has 3 saturated carbocycles. The predicted molar refractivity (Wildman–Crippen MR) is 105 cm³/mol. The van der Waals surface area contributed by atoms with Crippen LogP contribution in [0.3, 0.4) is 0 Å². The number of benzene rings is 1. The Kier molecular flexibility index (Phi) is 6.04. The zero-order valence-electron chi connectivity index (χ0n) is 16.7. The van der Waals surface area contributed by atoms with Crippen molar-refractivity contribution in [2.45, 2.75) is 83.5 Å². The highest BCUT2D eigenvalue weighted by molar-refractivity contribution is 5.33. The molecule has 3 heteroatoms. The first-order chi connectivity index (χ1) is 13.2. The van der Waals surface area contributed by atoms with Gasteiger partial charge in [0.05, 0.1) is 6.61 Å². The third kappa shape index (κ3) is 4.49. The summed E-state index contributed by atoms with van der Waals surface area (Å²) in [4.78, 5) is 0. The van der Waals surface area contributed by atoms with Gasteiger partial charge in [-0.2, -0.15) is 4.39 Å². The van der Waals surface area contributed by atoms with Crippen LogP contribution in [0.5, 0.6) is 5.75 Å². The maximum Gasteiger partial charge on any atom is 0.200 e. The predicted octanol–water partition coefficient (Wildman–Crippen LogP) is 7.24. The van der Waals surface area contributed by atoms with Crippen LogP contribution >= 0.6 is 0 Å². The standard InChI is InChI=1S/C24H34F2O/c1-2-27-22-14-13-21(23(25)24(22)26)20-11-9-19(10-12-20)18-7-5-17(6-8-18)15-16-3-4-16/h13-14,16-20H,2-12,15H2,1H3. The molecule has 0 atom stereocenters. The van der Waals surface area contributed by atoms with Crippen LogP contribution in [0.25, 0.3) is 0 Å². The first-order valence-electron chi connectivity index (χ1n) is 11.3. The van der Waals surface area contributed by atoms with Crippen molar-refractivity contribution in [2.75, 3.05) is 6.61 Å². The Hall–Kier alpha value is -1.12. The molecule has 0 spiro atoms. The topological polar surface area (TPSA) is 9.23 Å². The van der Waals surface area contributed by atoms with Gasteiger partial charge in [0.1, 0.15) is 0 Å². The first-order valence-corrected chi connectivity index (χ1v) is 11.3. The molecule has 3 fully saturated rings. The minimum atomic E-state index is -0.814. The van der Waals surface area contributed by atoms with E-state index in [2.05, 4.69) is 0 Å². The van der Waals surface area contributed by atoms with Crippen LogP contribution in [-0.4, -0.2) is 6.61 Å². The highest BCUT2D eigenvalue weighted by Crippen LogP contribution is 2.47. The number of hydrogen-bond donors (Lipinski definition) is 0. The average Bonchev–Trinajstić information content (AvgIpc) is 3.51. The minimum absolute atomic E-state index is 0.0374. The van der Waals surface area contributed by atoms with Gasteiger partial charge in [-0.25, -0.2) is 4.39 Å². The minimum Gasteiger partial charge on any atom is -0.491 e. The molecule has 3 aliphatic rings. The second kappa shape index (κ2) is 8.49. The molecule has 0 aromatic heterocycles. The van der Waals surface area contributed by atoms with Crippen molar-refractivity contribution in [3.63, 3.8) is 0 Å². The van der Waals surface area contributed by atoms with Crippen molar-refractivity contribution < 1.29 is 13.5 Å². The van der Waals surface area contributed by atoms with E-state index >= 15 is 0 Å². The summed E-state index contributed by atoms with van der Waals surface area (Å²) in [5.74, 6) is 2.43. The Morgan fingerprint density at radius 3 is 1.89 bits per heavy atom. The highest BCUT2D eigenvalue weighted by atomic mass is 19.2. The smallest absolute Gasteiger partial charge is 0.200 e.